The summed E-state index contributed by atoms with van der Waals surface area (Å²) in [6.07, 6.45) is 5.17. The number of nitrogens with two attached hydrogens (primary N) is 1. The van der Waals surface area contributed by atoms with Crippen LogP contribution in [-0.2, 0) is 4.79 Å². The Morgan fingerprint density at radius 2 is 1.84 bits per heavy atom. The second-order valence-electron chi connectivity index (χ2n) is 6.75. The van der Waals surface area contributed by atoms with Crippen LogP contribution in [0.15, 0.2) is 0 Å². The van der Waals surface area contributed by atoms with Crippen molar-refractivity contribution in [3.8, 4) is 0 Å². The lowest BCUT2D eigenvalue weighted by Gasteiger charge is -2.39. The van der Waals surface area contributed by atoms with Crippen LogP contribution in [0, 0.1) is 11.8 Å². The summed E-state index contributed by atoms with van der Waals surface area (Å²) in [5, 5.41) is 0. The Hall–Kier alpha value is -0.610. The highest BCUT2D eigenvalue weighted by molar-refractivity contribution is 5.79. The molecule has 4 nitrogen and oxygen atoms in total. The van der Waals surface area contributed by atoms with Gasteiger partial charge in [0, 0.05) is 25.0 Å². The van der Waals surface area contributed by atoms with Gasteiger partial charge in [-0.15, -0.1) is 0 Å². The molecule has 2 N–H and O–H groups in total. The van der Waals surface area contributed by atoms with E-state index in [1.165, 1.54) is 0 Å². The fourth-order valence-corrected chi connectivity index (χ4v) is 3.71. The van der Waals surface area contributed by atoms with Gasteiger partial charge in [0.25, 0.3) is 0 Å². The van der Waals surface area contributed by atoms with E-state index in [-0.39, 0.29) is 12.0 Å². The third-order valence-electron chi connectivity index (χ3n) is 4.91. The van der Waals surface area contributed by atoms with Gasteiger partial charge in [0.15, 0.2) is 0 Å². The van der Waals surface area contributed by atoms with E-state index in [0.29, 0.717) is 17.9 Å². The van der Waals surface area contributed by atoms with Gasteiger partial charge in [0.1, 0.15) is 0 Å². The minimum atomic E-state index is 0.156. The van der Waals surface area contributed by atoms with E-state index < -0.39 is 0 Å². The molecule has 0 spiro atoms. The SMILES string of the molecule is CC1CC(N)CC(C(=O)N(C)C2CCN(C)CC2)C1. The Kier molecular flexibility index (Phi) is 4.85. The first-order chi connectivity index (χ1) is 8.97. The van der Waals surface area contributed by atoms with Crippen LogP contribution < -0.4 is 5.73 Å². The van der Waals surface area contributed by atoms with E-state index in [1.807, 2.05) is 11.9 Å². The van der Waals surface area contributed by atoms with E-state index in [2.05, 4.69) is 18.9 Å². The van der Waals surface area contributed by atoms with Crippen LogP contribution in [0.1, 0.15) is 39.0 Å². The number of rotatable bonds is 2. The lowest BCUT2D eigenvalue weighted by atomic mass is 9.79. The Labute approximate surface area is 117 Å². The number of hydrogen-bond donors (Lipinski definition) is 1. The van der Waals surface area contributed by atoms with Gasteiger partial charge in [0.2, 0.25) is 5.91 Å². The zero-order valence-corrected chi connectivity index (χ0v) is 12.6. The molecule has 2 rings (SSSR count). The molecule has 1 saturated carbocycles. The lowest BCUT2D eigenvalue weighted by Crippen LogP contribution is -2.48. The molecule has 0 aromatic heterocycles. The summed E-state index contributed by atoms with van der Waals surface area (Å²) in [7, 11) is 4.14. The van der Waals surface area contributed by atoms with E-state index in [9.17, 15) is 4.79 Å². The first-order valence-electron chi connectivity index (χ1n) is 7.68. The van der Waals surface area contributed by atoms with Gasteiger partial charge >= 0.3 is 0 Å². The van der Waals surface area contributed by atoms with E-state index in [0.717, 1.165) is 45.2 Å². The molecule has 0 aromatic carbocycles. The van der Waals surface area contributed by atoms with Crippen molar-refractivity contribution in [3.63, 3.8) is 0 Å². The third kappa shape index (κ3) is 3.69. The zero-order valence-electron chi connectivity index (χ0n) is 12.6. The number of nitrogens with zero attached hydrogens (tertiary/aromatic N) is 2. The number of amides is 1. The van der Waals surface area contributed by atoms with Crippen molar-refractivity contribution in [1.82, 2.24) is 9.80 Å². The Morgan fingerprint density at radius 3 is 2.42 bits per heavy atom. The molecule has 4 heteroatoms. The van der Waals surface area contributed by atoms with Crippen molar-refractivity contribution < 1.29 is 4.79 Å². The maximum absolute atomic E-state index is 12.6. The fourth-order valence-electron chi connectivity index (χ4n) is 3.71. The molecule has 1 heterocycles. The highest BCUT2D eigenvalue weighted by atomic mass is 16.2. The van der Waals surface area contributed by atoms with Crippen LogP contribution >= 0.6 is 0 Å². The molecular weight excluding hydrogens is 238 g/mol. The Balaban J connectivity index is 1.91. The normalized spacial score (nSPS) is 34.2. The van der Waals surface area contributed by atoms with Crippen LogP contribution in [0.25, 0.3) is 0 Å². The van der Waals surface area contributed by atoms with Gasteiger partial charge in [-0.2, -0.15) is 0 Å². The largest absolute Gasteiger partial charge is 0.342 e. The molecule has 1 aliphatic carbocycles. The third-order valence-corrected chi connectivity index (χ3v) is 4.91. The number of likely N-dealkylation sites (tertiary alicyclic amines) is 1. The quantitative estimate of drug-likeness (QED) is 0.820. The van der Waals surface area contributed by atoms with E-state index in [1.54, 1.807) is 0 Å². The monoisotopic (exact) mass is 267 g/mol. The van der Waals surface area contributed by atoms with Crippen molar-refractivity contribution in [2.75, 3.05) is 27.2 Å². The van der Waals surface area contributed by atoms with Gasteiger partial charge in [0.05, 0.1) is 0 Å². The predicted octanol–water partition coefficient (Wildman–Crippen LogP) is 1.30. The maximum Gasteiger partial charge on any atom is 0.225 e. The predicted molar refractivity (Wildman–Crippen MR) is 77.8 cm³/mol. The minimum Gasteiger partial charge on any atom is -0.342 e. The highest BCUT2D eigenvalue weighted by Crippen LogP contribution is 2.30. The summed E-state index contributed by atoms with van der Waals surface area (Å²) < 4.78 is 0. The maximum atomic E-state index is 12.6. The van der Waals surface area contributed by atoms with Crippen LogP contribution in [0.4, 0.5) is 0 Å². The van der Waals surface area contributed by atoms with Crippen molar-refractivity contribution in [1.29, 1.82) is 0 Å². The van der Waals surface area contributed by atoms with E-state index in [4.69, 9.17) is 5.73 Å². The molecule has 2 aliphatic rings. The summed E-state index contributed by atoms with van der Waals surface area (Å²) in [5.74, 6) is 1.07. The minimum absolute atomic E-state index is 0.156. The number of piperidine rings is 1. The van der Waals surface area contributed by atoms with Gasteiger partial charge in [-0.05, 0) is 58.2 Å². The summed E-state index contributed by atoms with van der Waals surface area (Å²) in [4.78, 5) is 17.0. The van der Waals surface area contributed by atoms with Crippen LogP contribution in [0.2, 0.25) is 0 Å². The van der Waals surface area contributed by atoms with E-state index >= 15 is 0 Å². The molecule has 1 amide bonds. The van der Waals surface area contributed by atoms with Gasteiger partial charge < -0.3 is 15.5 Å². The standard InChI is InChI=1S/C15H29N3O/c1-11-8-12(10-13(16)9-11)15(19)18(3)14-4-6-17(2)7-5-14/h11-14H,4-10,16H2,1-3H3. The van der Waals surface area contributed by atoms with Gasteiger partial charge in [-0.3, -0.25) is 4.79 Å². The molecule has 3 unspecified atom stereocenters. The molecule has 0 bridgehead atoms. The van der Waals surface area contributed by atoms with Gasteiger partial charge in [-0.1, -0.05) is 6.92 Å². The molecule has 19 heavy (non-hydrogen) atoms. The summed E-state index contributed by atoms with van der Waals surface area (Å²) in [6.45, 7) is 4.42. The molecule has 2 fully saturated rings. The summed E-state index contributed by atoms with van der Waals surface area (Å²) in [5.41, 5.74) is 6.07. The summed E-state index contributed by atoms with van der Waals surface area (Å²) >= 11 is 0. The average molecular weight is 267 g/mol. The van der Waals surface area contributed by atoms with Crippen molar-refractivity contribution in [2.24, 2.45) is 17.6 Å². The molecule has 3 atom stereocenters. The molecule has 0 aromatic rings. The van der Waals surface area contributed by atoms with Crippen LogP contribution in [0.3, 0.4) is 0 Å². The van der Waals surface area contributed by atoms with Crippen LogP contribution in [-0.4, -0.2) is 55.0 Å². The van der Waals surface area contributed by atoms with Crippen molar-refractivity contribution in [2.45, 2.75) is 51.1 Å². The molecule has 1 saturated heterocycles. The second-order valence-corrected chi connectivity index (χ2v) is 6.75. The zero-order chi connectivity index (χ0) is 14.0. The highest BCUT2D eigenvalue weighted by Gasteiger charge is 2.33. The fraction of sp³-hybridized carbons (Fsp3) is 0.933. The topological polar surface area (TPSA) is 49.6 Å². The van der Waals surface area contributed by atoms with Crippen molar-refractivity contribution >= 4 is 5.91 Å². The van der Waals surface area contributed by atoms with Crippen LogP contribution in [0.5, 0.6) is 0 Å². The average Bonchev–Trinajstić information content (AvgIpc) is 2.37. The molecule has 1 aliphatic heterocycles. The Bertz CT molecular complexity index is 303. The number of carbonyl (C=O) groups excluding carboxylic acids is 1. The molecule has 110 valence electrons. The lowest BCUT2D eigenvalue weighted by molar-refractivity contribution is -0.138. The van der Waals surface area contributed by atoms with Crippen molar-refractivity contribution in [3.05, 3.63) is 0 Å². The molecular formula is C15H29N3O. The number of hydrogen-bond acceptors (Lipinski definition) is 3. The summed E-state index contributed by atoms with van der Waals surface area (Å²) in [6, 6.07) is 0.640. The molecule has 0 radical (unpaired) electrons. The number of carbonyl (C=O) groups is 1. The van der Waals surface area contributed by atoms with Gasteiger partial charge in [-0.25, -0.2) is 0 Å². The Morgan fingerprint density at radius 1 is 1.21 bits per heavy atom. The second kappa shape index (κ2) is 6.23. The first-order valence-corrected chi connectivity index (χ1v) is 7.68. The first kappa shape index (κ1) is 14.8. The smallest absolute Gasteiger partial charge is 0.225 e.